The molecule has 24 heavy (non-hydrogen) atoms. The number of nitrogens with two attached hydrogens (primary N) is 3. The minimum Gasteiger partial charge on any atom is -0.497 e. The number of hydrogen-bond acceptors (Lipinski definition) is 4. The van der Waals surface area contributed by atoms with Crippen molar-refractivity contribution in [1.29, 1.82) is 0 Å². The third-order valence-electron chi connectivity index (χ3n) is 3.17. The summed E-state index contributed by atoms with van der Waals surface area (Å²) < 4.78 is 28.9. The molecule has 0 atom stereocenters. The fourth-order valence-electron chi connectivity index (χ4n) is 2.08. The Balaban J connectivity index is 2.60. The highest BCUT2D eigenvalue weighted by molar-refractivity contribution is 7.89. The van der Waals surface area contributed by atoms with E-state index in [9.17, 15) is 13.2 Å². The van der Waals surface area contributed by atoms with Gasteiger partial charge < -0.3 is 16.2 Å². The lowest BCUT2D eigenvalue weighted by Gasteiger charge is -2.10. The van der Waals surface area contributed by atoms with Crippen LogP contribution in [0.1, 0.15) is 10.4 Å². The molecule has 0 heterocycles. The van der Waals surface area contributed by atoms with Gasteiger partial charge in [-0.3, -0.25) is 4.79 Å². The van der Waals surface area contributed by atoms with Gasteiger partial charge in [-0.2, -0.15) is 4.99 Å². The molecule has 2 aromatic carbocycles. The van der Waals surface area contributed by atoms with E-state index in [1.54, 1.807) is 24.3 Å². The summed E-state index contributed by atoms with van der Waals surface area (Å²) in [5.41, 5.74) is 11.3. The fraction of sp³-hybridized carbons (Fsp3) is 0.0667. The van der Waals surface area contributed by atoms with Crippen LogP contribution in [0.2, 0.25) is 0 Å². The zero-order valence-electron chi connectivity index (χ0n) is 12.8. The number of rotatable bonds is 4. The van der Waals surface area contributed by atoms with Crippen molar-refractivity contribution in [3.63, 3.8) is 0 Å². The molecular formula is C15H16N4O4S. The second kappa shape index (κ2) is 6.69. The molecule has 0 aromatic heterocycles. The maximum atomic E-state index is 11.9. The van der Waals surface area contributed by atoms with E-state index >= 15 is 0 Å². The van der Waals surface area contributed by atoms with Gasteiger partial charge in [-0.25, -0.2) is 13.6 Å². The molecule has 8 nitrogen and oxygen atoms in total. The van der Waals surface area contributed by atoms with Crippen molar-refractivity contribution in [3.05, 3.63) is 48.0 Å². The first kappa shape index (κ1) is 17.4. The van der Waals surface area contributed by atoms with Crippen molar-refractivity contribution < 1.29 is 17.9 Å². The predicted octanol–water partition coefficient (Wildman–Crippen LogP) is 0.423. The van der Waals surface area contributed by atoms with Gasteiger partial charge in [0.05, 0.1) is 12.0 Å². The van der Waals surface area contributed by atoms with Crippen LogP contribution in [-0.2, 0) is 10.0 Å². The first-order chi connectivity index (χ1) is 11.2. The Labute approximate surface area is 139 Å². The molecule has 0 radical (unpaired) electrons. The number of nitrogens with zero attached hydrogens (tertiary/aromatic N) is 1. The molecule has 2 aromatic rings. The Hall–Kier alpha value is -2.91. The second-order valence-electron chi connectivity index (χ2n) is 4.83. The number of hydrogen-bond donors (Lipinski definition) is 3. The number of primary sulfonamides is 1. The number of amides is 1. The highest BCUT2D eigenvalue weighted by Gasteiger charge is 2.18. The summed E-state index contributed by atoms with van der Waals surface area (Å²) in [5.74, 6) is -0.562. The Kier molecular flexibility index (Phi) is 4.86. The average molecular weight is 348 g/mol. The molecule has 2 rings (SSSR count). The van der Waals surface area contributed by atoms with Crippen LogP contribution in [0.4, 0.5) is 0 Å². The number of carbonyl (C=O) groups excluding carboxylic acids is 1. The van der Waals surface area contributed by atoms with Crippen molar-refractivity contribution in [2.45, 2.75) is 4.90 Å². The maximum absolute atomic E-state index is 11.9. The zero-order chi connectivity index (χ0) is 17.9. The summed E-state index contributed by atoms with van der Waals surface area (Å²) in [5, 5.41) is 5.27. The number of carbonyl (C=O) groups is 1. The quantitative estimate of drug-likeness (QED) is 0.538. The lowest BCUT2D eigenvalue weighted by Crippen LogP contribution is -2.24. The molecule has 0 saturated heterocycles. The summed E-state index contributed by atoms with van der Waals surface area (Å²) in [6.45, 7) is 0. The monoisotopic (exact) mass is 348 g/mol. The minimum absolute atomic E-state index is 0.00434. The van der Waals surface area contributed by atoms with Gasteiger partial charge in [0.15, 0.2) is 5.96 Å². The van der Waals surface area contributed by atoms with E-state index in [-0.39, 0.29) is 10.5 Å². The van der Waals surface area contributed by atoms with E-state index < -0.39 is 21.9 Å². The van der Waals surface area contributed by atoms with Gasteiger partial charge in [-0.05, 0) is 29.8 Å². The molecule has 0 fully saturated rings. The summed E-state index contributed by atoms with van der Waals surface area (Å²) in [4.78, 5) is 15.0. The third-order valence-corrected chi connectivity index (χ3v) is 4.12. The highest BCUT2D eigenvalue weighted by Crippen LogP contribution is 2.29. The Morgan fingerprint density at radius 1 is 1.08 bits per heavy atom. The topological polar surface area (TPSA) is 151 Å². The summed E-state index contributed by atoms with van der Waals surface area (Å²) >= 11 is 0. The first-order valence-electron chi connectivity index (χ1n) is 6.67. The molecule has 0 aliphatic carbocycles. The van der Waals surface area contributed by atoms with E-state index in [0.717, 1.165) is 6.07 Å². The Bertz CT molecular complexity index is 902. The van der Waals surface area contributed by atoms with E-state index in [1.165, 1.54) is 19.2 Å². The van der Waals surface area contributed by atoms with Crippen molar-refractivity contribution in [3.8, 4) is 16.9 Å². The largest absolute Gasteiger partial charge is 0.497 e. The summed E-state index contributed by atoms with van der Waals surface area (Å²) in [7, 11) is -2.55. The first-order valence-corrected chi connectivity index (χ1v) is 8.22. The maximum Gasteiger partial charge on any atom is 0.280 e. The van der Waals surface area contributed by atoms with E-state index in [1.807, 2.05) is 0 Å². The van der Waals surface area contributed by atoms with Crippen LogP contribution >= 0.6 is 0 Å². The zero-order valence-corrected chi connectivity index (χ0v) is 13.6. The highest BCUT2D eigenvalue weighted by atomic mass is 32.2. The Morgan fingerprint density at radius 3 is 2.21 bits per heavy atom. The van der Waals surface area contributed by atoms with Gasteiger partial charge >= 0.3 is 0 Å². The van der Waals surface area contributed by atoms with Gasteiger partial charge in [-0.1, -0.05) is 18.2 Å². The number of sulfonamides is 1. The minimum atomic E-state index is -4.08. The van der Waals surface area contributed by atoms with Crippen LogP contribution in [0.3, 0.4) is 0 Å². The molecule has 0 aliphatic heterocycles. The van der Waals surface area contributed by atoms with E-state index in [2.05, 4.69) is 4.99 Å². The molecule has 1 amide bonds. The fourth-order valence-corrected chi connectivity index (χ4v) is 2.87. The number of aliphatic imine (C=N–C) groups is 1. The van der Waals surface area contributed by atoms with Gasteiger partial charge in [0, 0.05) is 11.1 Å². The van der Waals surface area contributed by atoms with Crippen LogP contribution < -0.4 is 21.3 Å². The van der Waals surface area contributed by atoms with Crippen molar-refractivity contribution in [1.82, 2.24) is 0 Å². The number of methoxy groups -OCH3 is 1. The lowest BCUT2D eigenvalue weighted by molar-refractivity contribution is 0.100. The van der Waals surface area contributed by atoms with Crippen molar-refractivity contribution in [2.24, 2.45) is 21.6 Å². The van der Waals surface area contributed by atoms with Crippen LogP contribution in [0.5, 0.6) is 5.75 Å². The average Bonchev–Trinajstić information content (AvgIpc) is 2.53. The van der Waals surface area contributed by atoms with Crippen molar-refractivity contribution >= 4 is 21.9 Å². The summed E-state index contributed by atoms with van der Waals surface area (Å²) in [6, 6.07) is 10.8. The van der Waals surface area contributed by atoms with Gasteiger partial charge in [0.1, 0.15) is 5.75 Å². The standard InChI is InChI=1S/C15H16N4O4S/c1-23-11-5-2-9(3-6-11)12-7-4-10(14(20)19-15(16)17)8-13(12)24(18,21)22/h2-8H,1H3,(H2,18,21,22)(H4,16,17,19,20). The second-order valence-corrected chi connectivity index (χ2v) is 6.36. The molecule has 0 spiro atoms. The summed E-state index contributed by atoms with van der Waals surface area (Å²) in [6.07, 6.45) is 0. The van der Waals surface area contributed by atoms with Crippen LogP contribution in [0.15, 0.2) is 52.4 Å². The van der Waals surface area contributed by atoms with Gasteiger partial charge in [0.25, 0.3) is 5.91 Å². The molecule has 0 unspecified atom stereocenters. The number of benzene rings is 2. The predicted molar refractivity (Wildman–Crippen MR) is 89.9 cm³/mol. The molecule has 126 valence electrons. The number of ether oxygens (including phenoxy) is 1. The molecular weight excluding hydrogens is 332 g/mol. The third kappa shape index (κ3) is 3.89. The Morgan fingerprint density at radius 2 is 1.71 bits per heavy atom. The van der Waals surface area contributed by atoms with Crippen molar-refractivity contribution in [2.75, 3.05) is 7.11 Å². The normalized spacial score (nSPS) is 10.9. The SMILES string of the molecule is COc1ccc(-c2ccc(C(=O)N=C(N)N)cc2S(N)(=O)=O)cc1. The molecule has 6 N–H and O–H groups in total. The van der Waals surface area contributed by atoms with Gasteiger partial charge in [0.2, 0.25) is 10.0 Å². The van der Waals surface area contributed by atoms with Crippen LogP contribution in [0.25, 0.3) is 11.1 Å². The molecule has 0 saturated carbocycles. The molecule has 9 heteroatoms. The van der Waals surface area contributed by atoms with E-state index in [0.29, 0.717) is 16.9 Å². The van der Waals surface area contributed by atoms with Gasteiger partial charge in [-0.15, -0.1) is 0 Å². The molecule has 0 aliphatic rings. The molecule has 0 bridgehead atoms. The lowest BCUT2D eigenvalue weighted by atomic mass is 10.0. The smallest absolute Gasteiger partial charge is 0.280 e. The number of guanidine groups is 1. The van der Waals surface area contributed by atoms with Crippen LogP contribution in [-0.4, -0.2) is 27.4 Å². The van der Waals surface area contributed by atoms with Crippen LogP contribution in [0, 0.1) is 0 Å². The van der Waals surface area contributed by atoms with E-state index in [4.69, 9.17) is 21.3 Å².